The van der Waals surface area contributed by atoms with Crippen LogP contribution in [0.15, 0.2) is 54.7 Å². The molecule has 1 aliphatic rings. The number of carbonyl (C=O) groups excluding carboxylic acids is 2. The molecule has 0 radical (unpaired) electrons. The normalized spacial score (nSPS) is 16.3. The number of nitrogens with one attached hydrogen (secondary N) is 1. The van der Waals surface area contributed by atoms with Gasteiger partial charge < -0.3 is 14.0 Å². The second-order valence-corrected chi connectivity index (χ2v) is 7.17. The molecule has 0 saturated carbocycles. The lowest BCUT2D eigenvalue weighted by molar-refractivity contribution is -0.186. The van der Waals surface area contributed by atoms with E-state index in [0.717, 1.165) is 36.5 Å². The second kappa shape index (κ2) is 9.56. The van der Waals surface area contributed by atoms with E-state index in [4.69, 9.17) is 14.3 Å². The highest BCUT2D eigenvalue weighted by Gasteiger charge is 2.16. The number of hydrogen-bond acceptors (Lipinski definition) is 5. The molecule has 1 unspecified atom stereocenters. The lowest BCUT2D eigenvalue weighted by Gasteiger charge is -2.22. The van der Waals surface area contributed by atoms with Crippen LogP contribution in [0, 0.1) is 0 Å². The summed E-state index contributed by atoms with van der Waals surface area (Å²) < 4.78 is 13.3. The van der Waals surface area contributed by atoms with Crippen molar-refractivity contribution in [2.75, 3.05) is 13.2 Å². The largest absolute Gasteiger partial charge is 0.492 e. The zero-order valence-corrected chi connectivity index (χ0v) is 16.6. The highest BCUT2D eigenvalue weighted by molar-refractivity contribution is 5.97. The number of benzene rings is 2. The van der Waals surface area contributed by atoms with Crippen LogP contribution in [0.1, 0.15) is 40.0 Å². The average molecular weight is 408 g/mol. The Balaban J connectivity index is 1.38. The van der Waals surface area contributed by atoms with Crippen molar-refractivity contribution >= 4 is 23.1 Å². The molecule has 1 fully saturated rings. The van der Waals surface area contributed by atoms with E-state index in [0.29, 0.717) is 36.6 Å². The van der Waals surface area contributed by atoms with Crippen molar-refractivity contribution in [2.24, 2.45) is 0 Å². The average Bonchev–Trinajstić information content (AvgIpc) is 3.20. The Labute approximate surface area is 174 Å². The first-order valence-corrected chi connectivity index (χ1v) is 10.1. The molecule has 1 amide bonds. The lowest BCUT2D eigenvalue weighted by atomic mass is 10.1. The summed E-state index contributed by atoms with van der Waals surface area (Å²) in [7, 11) is 0. The molecule has 1 aliphatic heterocycles. The van der Waals surface area contributed by atoms with Crippen molar-refractivity contribution in [1.29, 1.82) is 0 Å². The van der Waals surface area contributed by atoms with Crippen LogP contribution in [-0.2, 0) is 16.1 Å². The van der Waals surface area contributed by atoms with E-state index in [9.17, 15) is 9.59 Å². The highest BCUT2D eigenvalue weighted by atomic mass is 16.8. The second-order valence-electron chi connectivity index (χ2n) is 7.17. The maximum absolute atomic E-state index is 12.5. The van der Waals surface area contributed by atoms with Gasteiger partial charge in [-0.1, -0.05) is 18.2 Å². The molecule has 4 rings (SSSR count). The van der Waals surface area contributed by atoms with Crippen LogP contribution in [0.3, 0.4) is 0 Å². The number of nitrogens with zero attached hydrogens (tertiary/aromatic N) is 1. The smallest absolute Gasteiger partial charge is 0.275 e. The fraction of sp³-hybridized carbons (Fsp3) is 0.304. The summed E-state index contributed by atoms with van der Waals surface area (Å²) in [4.78, 5) is 28.7. The Morgan fingerprint density at radius 1 is 1.20 bits per heavy atom. The van der Waals surface area contributed by atoms with Gasteiger partial charge in [-0.2, -0.15) is 0 Å². The topological polar surface area (TPSA) is 78.8 Å². The summed E-state index contributed by atoms with van der Waals surface area (Å²) in [5.41, 5.74) is 4.52. The zero-order chi connectivity index (χ0) is 20.8. The van der Waals surface area contributed by atoms with Crippen LogP contribution < -0.4 is 10.2 Å². The van der Waals surface area contributed by atoms with Crippen molar-refractivity contribution < 1.29 is 23.9 Å². The quantitative estimate of drug-likeness (QED) is 0.454. The van der Waals surface area contributed by atoms with Gasteiger partial charge >= 0.3 is 0 Å². The molecule has 7 heteroatoms. The van der Waals surface area contributed by atoms with Gasteiger partial charge in [-0.15, -0.1) is 0 Å². The summed E-state index contributed by atoms with van der Waals surface area (Å²) in [6, 6.07) is 14.6. The molecule has 2 aromatic carbocycles. The molecule has 1 N–H and O–H groups in total. The first-order valence-electron chi connectivity index (χ1n) is 10.1. The van der Waals surface area contributed by atoms with Crippen molar-refractivity contribution in [3.05, 3.63) is 65.9 Å². The van der Waals surface area contributed by atoms with Crippen molar-refractivity contribution in [1.82, 2.24) is 10.0 Å². The molecule has 156 valence electrons. The van der Waals surface area contributed by atoms with E-state index in [1.54, 1.807) is 24.3 Å². The molecule has 1 atom stereocenters. The third-order valence-electron chi connectivity index (χ3n) is 5.05. The maximum Gasteiger partial charge on any atom is 0.275 e. The number of hydroxylamine groups is 1. The zero-order valence-electron chi connectivity index (χ0n) is 16.6. The van der Waals surface area contributed by atoms with Gasteiger partial charge in [0.05, 0.1) is 6.54 Å². The SMILES string of the molecule is O=Cc1cccc(OCCn2ccc3ccc(C(=O)NOC4CCCCO4)cc32)c1. The number of rotatable bonds is 8. The minimum absolute atomic E-state index is 0.305. The minimum atomic E-state index is -0.384. The number of ether oxygens (including phenoxy) is 2. The molecule has 1 saturated heterocycles. The van der Waals surface area contributed by atoms with Crippen molar-refractivity contribution in [3.8, 4) is 5.75 Å². The molecule has 1 aromatic heterocycles. The molecule has 2 heterocycles. The fourth-order valence-corrected chi connectivity index (χ4v) is 3.44. The van der Waals surface area contributed by atoms with Crippen molar-refractivity contribution in [3.63, 3.8) is 0 Å². The third kappa shape index (κ3) is 4.87. The van der Waals surface area contributed by atoms with Crippen LogP contribution in [0.4, 0.5) is 0 Å². The van der Waals surface area contributed by atoms with Crippen LogP contribution in [0.5, 0.6) is 5.75 Å². The molecule has 0 bridgehead atoms. The lowest BCUT2D eigenvalue weighted by Crippen LogP contribution is -2.33. The highest BCUT2D eigenvalue weighted by Crippen LogP contribution is 2.19. The van der Waals surface area contributed by atoms with Crippen molar-refractivity contribution in [2.45, 2.75) is 32.1 Å². The van der Waals surface area contributed by atoms with E-state index in [-0.39, 0.29) is 12.2 Å². The van der Waals surface area contributed by atoms with E-state index in [1.165, 1.54) is 0 Å². The standard InChI is InChI=1S/C23H24N2O5/c26-16-17-4-3-5-20(14-17)28-13-11-25-10-9-18-7-8-19(15-21(18)25)23(27)24-30-22-6-1-2-12-29-22/h3-5,7-10,14-16,22H,1-2,6,11-13H2,(H,24,27). The van der Waals surface area contributed by atoms with Crippen LogP contribution in [0.25, 0.3) is 10.9 Å². The van der Waals surface area contributed by atoms with Gasteiger partial charge in [0.15, 0.2) is 6.29 Å². The number of carbonyl (C=O) groups is 2. The number of amides is 1. The molecule has 7 nitrogen and oxygen atoms in total. The molecular weight excluding hydrogens is 384 g/mol. The van der Waals surface area contributed by atoms with E-state index >= 15 is 0 Å². The Morgan fingerprint density at radius 2 is 2.13 bits per heavy atom. The van der Waals surface area contributed by atoms with Gasteiger partial charge in [0.2, 0.25) is 0 Å². The Kier molecular flexibility index (Phi) is 6.41. The minimum Gasteiger partial charge on any atom is -0.492 e. The first kappa shape index (κ1) is 20.1. The monoisotopic (exact) mass is 408 g/mol. The van der Waals surface area contributed by atoms with E-state index in [2.05, 4.69) is 5.48 Å². The van der Waals surface area contributed by atoms with E-state index < -0.39 is 0 Å². The van der Waals surface area contributed by atoms with Gasteiger partial charge in [0, 0.05) is 35.9 Å². The molecule has 30 heavy (non-hydrogen) atoms. The predicted molar refractivity (Wildman–Crippen MR) is 111 cm³/mol. The van der Waals surface area contributed by atoms with Crippen LogP contribution >= 0.6 is 0 Å². The van der Waals surface area contributed by atoms with Gasteiger partial charge in [-0.05, 0) is 48.6 Å². The number of hydrogen-bond donors (Lipinski definition) is 1. The number of fused-ring (bicyclic) bond motifs is 1. The fourth-order valence-electron chi connectivity index (χ4n) is 3.44. The summed E-state index contributed by atoms with van der Waals surface area (Å²) in [6.07, 6.45) is 5.20. The van der Waals surface area contributed by atoms with Crippen LogP contribution in [0.2, 0.25) is 0 Å². The molecule has 0 aliphatic carbocycles. The van der Waals surface area contributed by atoms with Gasteiger partial charge in [0.25, 0.3) is 5.91 Å². The van der Waals surface area contributed by atoms with Crippen LogP contribution in [-0.4, -0.2) is 36.3 Å². The Bertz CT molecular complexity index is 1020. The van der Waals surface area contributed by atoms with Gasteiger partial charge in [-0.25, -0.2) is 10.3 Å². The third-order valence-corrected chi connectivity index (χ3v) is 5.05. The summed E-state index contributed by atoms with van der Waals surface area (Å²) in [6.45, 7) is 1.69. The van der Waals surface area contributed by atoms with E-state index in [1.807, 2.05) is 35.0 Å². The van der Waals surface area contributed by atoms with Gasteiger partial charge in [0.1, 0.15) is 18.6 Å². The first-order chi connectivity index (χ1) is 14.7. The summed E-state index contributed by atoms with van der Waals surface area (Å²) >= 11 is 0. The Hall–Kier alpha value is -3.16. The van der Waals surface area contributed by atoms with Gasteiger partial charge in [-0.3, -0.25) is 9.59 Å². The summed E-state index contributed by atoms with van der Waals surface area (Å²) in [5, 5.41) is 1.03. The number of aromatic nitrogens is 1. The molecular formula is C23H24N2O5. The number of aldehydes is 1. The summed E-state index contributed by atoms with van der Waals surface area (Å²) in [5.74, 6) is 0.346. The maximum atomic E-state index is 12.5. The Morgan fingerprint density at radius 3 is 2.97 bits per heavy atom. The molecule has 0 spiro atoms. The predicted octanol–water partition coefficient (Wildman–Crippen LogP) is 3.72. The molecule has 3 aromatic rings.